The molecule has 2 amide bonds. The first-order valence-corrected chi connectivity index (χ1v) is 8.28. The molecular weight excluding hydrogens is 332 g/mol. The summed E-state index contributed by atoms with van der Waals surface area (Å²) in [5, 5.41) is 0. The van der Waals surface area contributed by atoms with E-state index in [9.17, 15) is 9.59 Å². The lowest BCUT2D eigenvalue weighted by atomic mass is 9.93. The predicted octanol–water partition coefficient (Wildman–Crippen LogP) is 2.53. The molecule has 0 aliphatic carbocycles. The highest BCUT2D eigenvalue weighted by atomic mass is 79.9. The minimum Gasteiger partial charge on any atom is -0.342 e. The minimum atomic E-state index is 0.0670. The van der Waals surface area contributed by atoms with Crippen molar-refractivity contribution in [1.82, 2.24) is 9.80 Å². The molecule has 0 atom stereocenters. The van der Waals surface area contributed by atoms with E-state index < -0.39 is 0 Å². The number of amides is 2. The molecule has 2 heterocycles. The fraction of sp³-hybridized carbons (Fsp3) is 0.500. The van der Waals surface area contributed by atoms with Crippen LogP contribution in [0.5, 0.6) is 0 Å². The molecule has 0 radical (unpaired) electrons. The van der Waals surface area contributed by atoms with Crippen LogP contribution in [-0.4, -0.2) is 47.8 Å². The molecule has 0 aromatic heterocycles. The van der Waals surface area contributed by atoms with Crippen LogP contribution in [0.15, 0.2) is 28.7 Å². The largest absolute Gasteiger partial charge is 0.342 e. The smallest absolute Gasteiger partial charge is 0.253 e. The van der Waals surface area contributed by atoms with Crippen LogP contribution >= 0.6 is 15.9 Å². The topological polar surface area (TPSA) is 40.6 Å². The Bertz CT molecular complexity index is 532. The first-order chi connectivity index (χ1) is 10.1. The van der Waals surface area contributed by atoms with Gasteiger partial charge < -0.3 is 9.80 Å². The second kappa shape index (κ2) is 6.18. The van der Waals surface area contributed by atoms with Gasteiger partial charge in [0.1, 0.15) is 0 Å². The Labute approximate surface area is 133 Å². The van der Waals surface area contributed by atoms with Crippen molar-refractivity contribution in [3.8, 4) is 0 Å². The normalized spacial score (nSPS) is 19.3. The number of likely N-dealkylation sites (tertiary alicyclic amines) is 2. The average molecular weight is 351 g/mol. The first kappa shape index (κ1) is 14.6. The molecule has 4 nitrogen and oxygen atoms in total. The third-order valence-corrected chi connectivity index (χ3v) is 4.92. The summed E-state index contributed by atoms with van der Waals surface area (Å²) in [5.74, 6) is 0.466. The second-order valence-electron chi connectivity index (χ2n) is 5.75. The summed E-state index contributed by atoms with van der Waals surface area (Å²) in [7, 11) is 0. The summed E-state index contributed by atoms with van der Waals surface area (Å²) in [5.41, 5.74) is 0.714. The lowest BCUT2D eigenvalue weighted by Crippen LogP contribution is -2.48. The molecule has 2 aliphatic rings. The van der Waals surface area contributed by atoms with Crippen molar-refractivity contribution in [1.29, 1.82) is 0 Å². The molecule has 0 saturated carbocycles. The van der Waals surface area contributed by atoms with Gasteiger partial charge in [0, 0.05) is 42.1 Å². The number of carbonyl (C=O) groups excluding carboxylic acids is 2. The van der Waals surface area contributed by atoms with E-state index in [4.69, 9.17) is 0 Å². The Morgan fingerprint density at radius 2 is 1.57 bits per heavy atom. The van der Waals surface area contributed by atoms with Crippen molar-refractivity contribution in [3.63, 3.8) is 0 Å². The van der Waals surface area contributed by atoms with Gasteiger partial charge in [0.25, 0.3) is 5.91 Å². The SMILES string of the molecule is O=C(c1ccc(Br)cc1)N1CCC(C(=O)N2CCC2)CC1. The molecule has 0 spiro atoms. The molecule has 0 N–H and O–H groups in total. The number of carbonyl (C=O) groups is 2. The lowest BCUT2D eigenvalue weighted by molar-refractivity contribution is -0.140. The summed E-state index contributed by atoms with van der Waals surface area (Å²) < 4.78 is 0.970. The second-order valence-corrected chi connectivity index (χ2v) is 6.67. The molecule has 2 aliphatic heterocycles. The van der Waals surface area contributed by atoms with Crippen LogP contribution in [0.2, 0.25) is 0 Å². The van der Waals surface area contributed by atoms with Crippen molar-refractivity contribution in [2.45, 2.75) is 19.3 Å². The van der Waals surface area contributed by atoms with Crippen LogP contribution in [-0.2, 0) is 4.79 Å². The van der Waals surface area contributed by atoms with E-state index in [-0.39, 0.29) is 17.7 Å². The summed E-state index contributed by atoms with van der Waals surface area (Å²) in [6, 6.07) is 7.44. The number of hydrogen-bond donors (Lipinski definition) is 0. The van der Waals surface area contributed by atoms with Crippen molar-refractivity contribution >= 4 is 27.7 Å². The predicted molar refractivity (Wildman–Crippen MR) is 84.0 cm³/mol. The fourth-order valence-corrected chi connectivity index (χ4v) is 3.16. The van der Waals surface area contributed by atoms with E-state index in [1.165, 1.54) is 0 Å². The first-order valence-electron chi connectivity index (χ1n) is 7.49. The van der Waals surface area contributed by atoms with Gasteiger partial charge in [0.05, 0.1) is 0 Å². The Morgan fingerprint density at radius 3 is 2.10 bits per heavy atom. The van der Waals surface area contributed by atoms with Gasteiger partial charge in [-0.3, -0.25) is 9.59 Å². The van der Waals surface area contributed by atoms with Gasteiger partial charge >= 0.3 is 0 Å². The summed E-state index contributed by atoms with van der Waals surface area (Å²) >= 11 is 3.37. The molecule has 1 aromatic rings. The molecule has 1 aromatic carbocycles. The van der Waals surface area contributed by atoms with Gasteiger partial charge in [-0.05, 0) is 43.5 Å². The van der Waals surface area contributed by atoms with E-state index in [2.05, 4.69) is 15.9 Å². The molecule has 5 heteroatoms. The van der Waals surface area contributed by atoms with E-state index >= 15 is 0 Å². The monoisotopic (exact) mass is 350 g/mol. The maximum Gasteiger partial charge on any atom is 0.253 e. The summed E-state index contributed by atoms with van der Waals surface area (Å²) in [4.78, 5) is 28.4. The van der Waals surface area contributed by atoms with Crippen molar-refractivity contribution in [3.05, 3.63) is 34.3 Å². The van der Waals surface area contributed by atoms with Gasteiger partial charge in [-0.15, -0.1) is 0 Å². The molecular formula is C16H19BrN2O2. The van der Waals surface area contributed by atoms with Crippen LogP contribution in [0.25, 0.3) is 0 Å². The Morgan fingerprint density at radius 1 is 0.952 bits per heavy atom. The standard InChI is InChI=1S/C16H19BrN2O2/c17-14-4-2-12(3-5-14)15(20)19-10-6-13(7-11-19)16(21)18-8-1-9-18/h2-5,13H,1,6-11H2. The number of piperidine rings is 1. The maximum atomic E-state index is 12.4. The van der Waals surface area contributed by atoms with Crippen LogP contribution in [0.4, 0.5) is 0 Å². The minimum absolute atomic E-state index is 0.0670. The van der Waals surface area contributed by atoms with Gasteiger partial charge in [0.15, 0.2) is 0 Å². The van der Waals surface area contributed by atoms with E-state index in [0.717, 1.165) is 36.8 Å². The van der Waals surface area contributed by atoms with E-state index in [1.54, 1.807) is 0 Å². The van der Waals surface area contributed by atoms with Crippen molar-refractivity contribution in [2.24, 2.45) is 5.92 Å². The third-order valence-electron chi connectivity index (χ3n) is 4.39. The van der Waals surface area contributed by atoms with Gasteiger partial charge in [-0.1, -0.05) is 15.9 Å². The zero-order valence-corrected chi connectivity index (χ0v) is 13.5. The molecule has 21 heavy (non-hydrogen) atoms. The average Bonchev–Trinajstić information content (AvgIpc) is 2.46. The Balaban J connectivity index is 1.56. The van der Waals surface area contributed by atoms with Crippen LogP contribution in [0, 0.1) is 5.92 Å². The number of rotatable bonds is 2. The highest BCUT2D eigenvalue weighted by Gasteiger charge is 2.32. The lowest BCUT2D eigenvalue weighted by Gasteiger charge is -2.37. The zero-order valence-electron chi connectivity index (χ0n) is 11.9. The van der Waals surface area contributed by atoms with Gasteiger partial charge in [-0.25, -0.2) is 0 Å². The number of halogens is 1. The maximum absolute atomic E-state index is 12.4. The number of benzene rings is 1. The zero-order chi connectivity index (χ0) is 14.8. The quantitative estimate of drug-likeness (QED) is 0.822. The van der Waals surface area contributed by atoms with E-state index in [1.807, 2.05) is 34.1 Å². The van der Waals surface area contributed by atoms with Crippen molar-refractivity contribution < 1.29 is 9.59 Å². The Kier molecular flexibility index (Phi) is 4.29. The molecule has 0 bridgehead atoms. The molecule has 0 unspecified atom stereocenters. The molecule has 112 valence electrons. The van der Waals surface area contributed by atoms with E-state index in [0.29, 0.717) is 18.7 Å². The van der Waals surface area contributed by atoms with Gasteiger partial charge in [0.2, 0.25) is 5.91 Å². The number of nitrogens with zero attached hydrogens (tertiary/aromatic N) is 2. The highest BCUT2D eigenvalue weighted by molar-refractivity contribution is 9.10. The molecule has 2 saturated heterocycles. The van der Waals surface area contributed by atoms with Crippen LogP contribution in [0.1, 0.15) is 29.6 Å². The molecule has 3 rings (SSSR count). The summed E-state index contributed by atoms with van der Waals surface area (Å²) in [6.07, 6.45) is 2.71. The Hall–Kier alpha value is -1.36. The third kappa shape index (κ3) is 3.12. The van der Waals surface area contributed by atoms with Crippen LogP contribution < -0.4 is 0 Å². The number of hydrogen-bond acceptors (Lipinski definition) is 2. The molecule has 2 fully saturated rings. The summed E-state index contributed by atoms with van der Waals surface area (Å²) in [6.45, 7) is 3.19. The van der Waals surface area contributed by atoms with Gasteiger partial charge in [-0.2, -0.15) is 0 Å². The van der Waals surface area contributed by atoms with Crippen molar-refractivity contribution in [2.75, 3.05) is 26.2 Å². The highest BCUT2D eigenvalue weighted by Crippen LogP contribution is 2.23. The van der Waals surface area contributed by atoms with Crippen LogP contribution in [0.3, 0.4) is 0 Å². The fourth-order valence-electron chi connectivity index (χ4n) is 2.90.